The molecule has 0 atom stereocenters. The van der Waals surface area contributed by atoms with Crippen molar-refractivity contribution in [3.63, 3.8) is 0 Å². The average molecular weight is 261 g/mol. The number of hydrogen-bond donors (Lipinski definition) is 0. The molecule has 0 saturated carbocycles. The number of halogens is 1. The largest absolute Gasteiger partial charge is 0.464 e. The highest BCUT2D eigenvalue weighted by atomic mass is 19.1. The van der Waals surface area contributed by atoms with Crippen LogP contribution in [0.5, 0.6) is 0 Å². The third kappa shape index (κ3) is 3.02. The molecule has 0 fully saturated rings. The number of carbonyl (C=O) groups excluding carboxylic acids is 1. The van der Waals surface area contributed by atoms with Crippen LogP contribution in [0.2, 0.25) is 0 Å². The van der Waals surface area contributed by atoms with Crippen LogP contribution in [0.25, 0.3) is 0 Å². The summed E-state index contributed by atoms with van der Waals surface area (Å²) in [6.07, 6.45) is 0. The van der Waals surface area contributed by atoms with Crippen molar-refractivity contribution in [1.29, 1.82) is 0 Å². The molecule has 0 unspecified atom stereocenters. The Labute approximate surface area is 111 Å². The second kappa shape index (κ2) is 5.26. The molecule has 3 nitrogen and oxygen atoms in total. The summed E-state index contributed by atoms with van der Waals surface area (Å²) in [6, 6.07) is 8.16. The number of amides is 1. The van der Waals surface area contributed by atoms with E-state index in [-0.39, 0.29) is 11.5 Å². The Morgan fingerprint density at radius 2 is 2.00 bits per heavy atom. The maximum absolute atomic E-state index is 13.7. The zero-order chi connectivity index (χ0) is 14.0. The third-order valence-electron chi connectivity index (χ3n) is 2.89. The summed E-state index contributed by atoms with van der Waals surface area (Å²) in [7, 11) is 1.63. The van der Waals surface area contributed by atoms with Crippen molar-refractivity contribution in [2.75, 3.05) is 7.05 Å². The summed E-state index contributed by atoms with van der Waals surface area (Å²) in [5, 5.41) is 0. The Bertz CT molecular complexity index is 604. The molecule has 0 spiro atoms. The number of rotatable bonds is 3. The summed E-state index contributed by atoms with van der Waals surface area (Å²) in [6.45, 7) is 3.98. The van der Waals surface area contributed by atoms with Crippen molar-refractivity contribution < 1.29 is 13.6 Å². The first-order valence-corrected chi connectivity index (χ1v) is 6.04. The quantitative estimate of drug-likeness (QED) is 0.849. The third-order valence-corrected chi connectivity index (χ3v) is 2.89. The normalized spacial score (nSPS) is 10.5. The number of carbonyl (C=O) groups is 1. The monoisotopic (exact) mass is 261 g/mol. The van der Waals surface area contributed by atoms with E-state index in [1.165, 1.54) is 11.0 Å². The van der Waals surface area contributed by atoms with E-state index in [0.717, 1.165) is 11.3 Å². The predicted molar refractivity (Wildman–Crippen MR) is 70.4 cm³/mol. The van der Waals surface area contributed by atoms with Crippen molar-refractivity contribution in [2.24, 2.45) is 0 Å². The highest BCUT2D eigenvalue weighted by molar-refractivity contribution is 5.94. The number of nitrogens with zero attached hydrogens (tertiary/aromatic N) is 1. The summed E-state index contributed by atoms with van der Waals surface area (Å²) in [5.41, 5.74) is 0.942. The van der Waals surface area contributed by atoms with Crippen molar-refractivity contribution in [3.05, 3.63) is 58.8 Å². The van der Waals surface area contributed by atoms with Crippen molar-refractivity contribution >= 4 is 5.91 Å². The van der Waals surface area contributed by atoms with Crippen molar-refractivity contribution in [2.45, 2.75) is 20.4 Å². The first-order chi connectivity index (χ1) is 8.97. The summed E-state index contributed by atoms with van der Waals surface area (Å²) < 4.78 is 19.1. The van der Waals surface area contributed by atoms with Crippen LogP contribution in [0, 0.1) is 19.7 Å². The van der Waals surface area contributed by atoms with Gasteiger partial charge in [-0.25, -0.2) is 4.39 Å². The van der Waals surface area contributed by atoms with Crippen LogP contribution >= 0.6 is 0 Å². The van der Waals surface area contributed by atoms with Crippen LogP contribution in [0.1, 0.15) is 27.4 Å². The van der Waals surface area contributed by atoms with Crippen LogP contribution in [-0.4, -0.2) is 17.9 Å². The minimum atomic E-state index is -0.502. The van der Waals surface area contributed by atoms with Crippen molar-refractivity contribution in [1.82, 2.24) is 4.90 Å². The molecule has 0 radical (unpaired) electrons. The molecular formula is C15H16FNO2. The van der Waals surface area contributed by atoms with Crippen LogP contribution < -0.4 is 0 Å². The number of benzene rings is 1. The molecule has 0 aliphatic rings. The van der Waals surface area contributed by atoms with Crippen LogP contribution in [0.15, 0.2) is 34.7 Å². The number of hydrogen-bond acceptors (Lipinski definition) is 2. The zero-order valence-electron chi connectivity index (χ0n) is 11.2. The van der Waals surface area contributed by atoms with Gasteiger partial charge in [-0.3, -0.25) is 4.79 Å². The zero-order valence-corrected chi connectivity index (χ0v) is 11.2. The lowest BCUT2D eigenvalue weighted by Gasteiger charge is -2.16. The first kappa shape index (κ1) is 13.3. The van der Waals surface area contributed by atoms with E-state index in [2.05, 4.69) is 0 Å². The molecule has 0 N–H and O–H groups in total. The van der Waals surface area contributed by atoms with Gasteiger partial charge in [-0.2, -0.15) is 0 Å². The molecule has 1 aromatic carbocycles. The molecule has 1 heterocycles. The fraction of sp³-hybridized carbons (Fsp3) is 0.267. The van der Waals surface area contributed by atoms with Gasteiger partial charge >= 0.3 is 0 Å². The summed E-state index contributed by atoms with van der Waals surface area (Å²) in [4.78, 5) is 13.6. The van der Waals surface area contributed by atoms with Crippen LogP contribution in [0.4, 0.5) is 4.39 Å². The minimum Gasteiger partial charge on any atom is -0.464 e. The fourth-order valence-corrected chi connectivity index (χ4v) is 1.88. The summed E-state index contributed by atoms with van der Waals surface area (Å²) >= 11 is 0. The number of aryl methyl sites for hydroxylation is 2. The predicted octanol–water partition coefficient (Wildman–Crippen LogP) is 3.31. The maximum Gasteiger partial charge on any atom is 0.256 e. The molecule has 2 aromatic rings. The minimum absolute atomic E-state index is 0.0887. The molecule has 2 rings (SSSR count). The van der Waals surface area contributed by atoms with Gasteiger partial charge in [0, 0.05) is 7.05 Å². The van der Waals surface area contributed by atoms with Gasteiger partial charge in [0.1, 0.15) is 17.3 Å². The fourth-order valence-electron chi connectivity index (χ4n) is 1.88. The van der Waals surface area contributed by atoms with Gasteiger partial charge in [0.15, 0.2) is 0 Å². The van der Waals surface area contributed by atoms with Gasteiger partial charge in [-0.05, 0) is 38.1 Å². The van der Waals surface area contributed by atoms with Gasteiger partial charge in [-0.1, -0.05) is 11.6 Å². The van der Waals surface area contributed by atoms with Crippen molar-refractivity contribution in [3.8, 4) is 0 Å². The molecule has 1 amide bonds. The molecule has 4 heteroatoms. The maximum atomic E-state index is 13.7. The Hall–Kier alpha value is -2.10. The first-order valence-electron chi connectivity index (χ1n) is 6.04. The molecule has 0 saturated heterocycles. The van der Waals surface area contributed by atoms with E-state index in [1.807, 2.05) is 26.0 Å². The van der Waals surface area contributed by atoms with Crippen LogP contribution in [0.3, 0.4) is 0 Å². The molecule has 100 valence electrons. The molecule has 1 aromatic heterocycles. The van der Waals surface area contributed by atoms with Gasteiger partial charge in [0.05, 0.1) is 12.1 Å². The second-order valence-electron chi connectivity index (χ2n) is 4.66. The Kier molecular flexibility index (Phi) is 3.69. The highest BCUT2D eigenvalue weighted by Gasteiger charge is 2.17. The Balaban J connectivity index is 2.16. The highest BCUT2D eigenvalue weighted by Crippen LogP contribution is 2.15. The Morgan fingerprint density at radius 1 is 1.26 bits per heavy atom. The Morgan fingerprint density at radius 3 is 2.63 bits per heavy atom. The van der Waals surface area contributed by atoms with Gasteiger partial charge in [0.25, 0.3) is 5.91 Å². The van der Waals surface area contributed by atoms with E-state index in [1.54, 1.807) is 19.2 Å². The van der Waals surface area contributed by atoms with Gasteiger partial charge < -0.3 is 9.32 Å². The van der Waals surface area contributed by atoms with E-state index in [0.29, 0.717) is 12.3 Å². The second-order valence-corrected chi connectivity index (χ2v) is 4.66. The molecule has 0 aliphatic carbocycles. The molecule has 0 bridgehead atoms. The van der Waals surface area contributed by atoms with E-state index < -0.39 is 5.82 Å². The summed E-state index contributed by atoms with van der Waals surface area (Å²) in [5.74, 6) is 0.618. The SMILES string of the molecule is Cc1ccc(F)c(C(=O)N(C)Cc2ccc(C)o2)c1. The standard InChI is InChI=1S/C15H16FNO2/c1-10-4-7-14(16)13(8-10)15(18)17(3)9-12-6-5-11(2)19-12/h4-8H,9H2,1-3H3. The lowest BCUT2D eigenvalue weighted by molar-refractivity contribution is 0.0770. The van der Waals surface area contributed by atoms with E-state index in [9.17, 15) is 9.18 Å². The lowest BCUT2D eigenvalue weighted by atomic mass is 10.1. The smallest absolute Gasteiger partial charge is 0.256 e. The van der Waals surface area contributed by atoms with Crippen LogP contribution in [-0.2, 0) is 6.54 Å². The number of furan rings is 1. The lowest BCUT2D eigenvalue weighted by Crippen LogP contribution is -2.26. The van der Waals surface area contributed by atoms with E-state index >= 15 is 0 Å². The van der Waals surface area contributed by atoms with Gasteiger partial charge in [0.2, 0.25) is 0 Å². The topological polar surface area (TPSA) is 33.5 Å². The molecule has 19 heavy (non-hydrogen) atoms. The average Bonchev–Trinajstić information content (AvgIpc) is 2.77. The van der Waals surface area contributed by atoms with E-state index in [4.69, 9.17) is 4.42 Å². The molecular weight excluding hydrogens is 245 g/mol. The molecule has 0 aliphatic heterocycles. The van der Waals surface area contributed by atoms with Gasteiger partial charge in [-0.15, -0.1) is 0 Å².